The Kier molecular flexibility index (Phi) is 8.13. The standard InChI is InChI=1S/C23H19ClN2O5S/c1-30-21(28)12-18-14-32-23(25-18)26-20(27)13-31-22(29)19(11-15-5-3-2-4-6-15)16-7-9-17(24)10-8-16/h2-11,14H,12-13H2,1H3,(H,25,26,27)/b19-11-. The van der Waals surface area contributed by atoms with Gasteiger partial charge >= 0.3 is 11.9 Å². The summed E-state index contributed by atoms with van der Waals surface area (Å²) < 4.78 is 9.82. The lowest BCUT2D eigenvalue weighted by Crippen LogP contribution is -2.21. The highest BCUT2D eigenvalue weighted by molar-refractivity contribution is 7.13. The van der Waals surface area contributed by atoms with Crippen LogP contribution in [0.2, 0.25) is 5.02 Å². The Bertz CT molecular complexity index is 1130. The third-order valence-electron chi connectivity index (χ3n) is 4.17. The number of halogens is 1. The quantitative estimate of drug-likeness (QED) is 0.300. The van der Waals surface area contributed by atoms with Gasteiger partial charge in [0.25, 0.3) is 5.91 Å². The molecule has 0 aliphatic rings. The van der Waals surface area contributed by atoms with E-state index in [0.29, 0.717) is 21.4 Å². The number of amides is 1. The number of hydrogen-bond donors (Lipinski definition) is 1. The Labute approximate surface area is 193 Å². The van der Waals surface area contributed by atoms with Gasteiger partial charge in [-0.3, -0.25) is 14.9 Å². The van der Waals surface area contributed by atoms with Gasteiger partial charge in [-0.15, -0.1) is 11.3 Å². The maximum atomic E-state index is 12.8. The first kappa shape index (κ1) is 23.2. The van der Waals surface area contributed by atoms with Gasteiger partial charge in [-0.25, -0.2) is 9.78 Å². The van der Waals surface area contributed by atoms with Gasteiger partial charge in [-0.2, -0.15) is 0 Å². The third-order valence-corrected chi connectivity index (χ3v) is 5.23. The minimum Gasteiger partial charge on any atom is -0.469 e. The summed E-state index contributed by atoms with van der Waals surface area (Å²) in [6.07, 6.45) is 1.69. The molecule has 1 aromatic heterocycles. The van der Waals surface area contributed by atoms with Gasteiger partial charge in [-0.05, 0) is 29.3 Å². The van der Waals surface area contributed by atoms with Crippen LogP contribution in [0.5, 0.6) is 0 Å². The minimum absolute atomic E-state index is 0.00654. The van der Waals surface area contributed by atoms with E-state index in [0.717, 1.165) is 16.9 Å². The Hall–Kier alpha value is -3.49. The second-order valence-corrected chi connectivity index (χ2v) is 7.79. The van der Waals surface area contributed by atoms with Crippen molar-refractivity contribution >= 4 is 57.6 Å². The van der Waals surface area contributed by atoms with Crippen molar-refractivity contribution in [1.29, 1.82) is 0 Å². The molecule has 1 N–H and O–H groups in total. The zero-order chi connectivity index (χ0) is 22.9. The smallest absolute Gasteiger partial charge is 0.339 e. The highest BCUT2D eigenvalue weighted by Gasteiger charge is 2.17. The van der Waals surface area contributed by atoms with E-state index in [2.05, 4.69) is 15.0 Å². The molecule has 3 aromatic rings. The van der Waals surface area contributed by atoms with Crippen LogP contribution >= 0.6 is 22.9 Å². The highest BCUT2D eigenvalue weighted by atomic mass is 35.5. The maximum Gasteiger partial charge on any atom is 0.339 e. The molecule has 0 unspecified atom stereocenters. The van der Waals surface area contributed by atoms with Gasteiger partial charge in [-0.1, -0.05) is 54.1 Å². The highest BCUT2D eigenvalue weighted by Crippen LogP contribution is 2.22. The summed E-state index contributed by atoms with van der Waals surface area (Å²) in [4.78, 5) is 40.4. The lowest BCUT2D eigenvalue weighted by molar-refractivity contribution is -0.141. The van der Waals surface area contributed by atoms with Crippen molar-refractivity contribution in [2.24, 2.45) is 0 Å². The Morgan fingerprint density at radius 3 is 2.50 bits per heavy atom. The van der Waals surface area contributed by atoms with Crippen molar-refractivity contribution in [2.75, 3.05) is 19.0 Å². The van der Waals surface area contributed by atoms with Crippen molar-refractivity contribution in [1.82, 2.24) is 4.98 Å². The van der Waals surface area contributed by atoms with E-state index >= 15 is 0 Å². The van der Waals surface area contributed by atoms with Crippen LogP contribution in [0.15, 0.2) is 60.0 Å². The molecule has 2 aromatic carbocycles. The van der Waals surface area contributed by atoms with Gasteiger partial charge in [0.15, 0.2) is 11.7 Å². The molecular formula is C23H19ClN2O5S. The van der Waals surface area contributed by atoms with Crippen molar-refractivity contribution in [3.8, 4) is 0 Å². The Balaban J connectivity index is 1.66. The van der Waals surface area contributed by atoms with Crippen molar-refractivity contribution < 1.29 is 23.9 Å². The first-order valence-corrected chi connectivity index (χ1v) is 10.7. The summed E-state index contributed by atoms with van der Waals surface area (Å²) in [6.45, 7) is -0.496. The molecule has 1 heterocycles. The van der Waals surface area contributed by atoms with Crippen LogP contribution in [0.3, 0.4) is 0 Å². The van der Waals surface area contributed by atoms with Crippen LogP contribution < -0.4 is 5.32 Å². The zero-order valence-electron chi connectivity index (χ0n) is 17.0. The summed E-state index contributed by atoms with van der Waals surface area (Å²) in [6, 6.07) is 16.0. The van der Waals surface area contributed by atoms with E-state index < -0.39 is 24.5 Å². The average molecular weight is 471 g/mol. The number of carbonyl (C=O) groups excluding carboxylic acids is 3. The van der Waals surface area contributed by atoms with E-state index in [1.165, 1.54) is 7.11 Å². The fourth-order valence-corrected chi connectivity index (χ4v) is 3.49. The Morgan fingerprint density at radius 2 is 1.81 bits per heavy atom. The van der Waals surface area contributed by atoms with Crippen LogP contribution in [0, 0.1) is 0 Å². The topological polar surface area (TPSA) is 94.6 Å². The van der Waals surface area contributed by atoms with Crippen LogP contribution in [0.1, 0.15) is 16.8 Å². The van der Waals surface area contributed by atoms with Crippen molar-refractivity contribution in [3.63, 3.8) is 0 Å². The van der Waals surface area contributed by atoms with Crippen LogP contribution in [-0.2, 0) is 30.3 Å². The van der Waals surface area contributed by atoms with Gasteiger partial charge in [0.2, 0.25) is 0 Å². The molecule has 3 rings (SSSR count). The lowest BCUT2D eigenvalue weighted by Gasteiger charge is -2.09. The molecule has 9 heteroatoms. The number of ether oxygens (including phenoxy) is 2. The second-order valence-electron chi connectivity index (χ2n) is 6.50. The van der Waals surface area contributed by atoms with E-state index in [9.17, 15) is 14.4 Å². The monoisotopic (exact) mass is 470 g/mol. The predicted octanol–water partition coefficient (Wildman–Crippen LogP) is 4.23. The second kappa shape index (κ2) is 11.2. The first-order chi connectivity index (χ1) is 15.4. The summed E-state index contributed by atoms with van der Waals surface area (Å²) in [5.41, 5.74) is 2.18. The largest absolute Gasteiger partial charge is 0.469 e. The van der Waals surface area contributed by atoms with E-state index in [1.54, 1.807) is 35.7 Å². The Morgan fingerprint density at radius 1 is 1.09 bits per heavy atom. The molecule has 0 fully saturated rings. The molecule has 0 saturated carbocycles. The van der Waals surface area contributed by atoms with Crippen LogP contribution in [0.25, 0.3) is 11.6 Å². The van der Waals surface area contributed by atoms with E-state index in [4.69, 9.17) is 16.3 Å². The summed E-state index contributed by atoms with van der Waals surface area (Å²) >= 11 is 7.11. The van der Waals surface area contributed by atoms with Crippen LogP contribution in [-0.4, -0.2) is 36.5 Å². The molecule has 0 atom stereocenters. The number of nitrogens with zero attached hydrogens (tertiary/aromatic N) is 1. The fourth-order valence-electron chi connectivity index (χ4n) is 2.64. The molecular weight excluding hydrogens is 452 g/mol. The number of nitrogens with one attached hydrogen (secondary N) is 1. The maximum absolute atomic E-state index is 12.8. The number of esters is 2. The molecule has 1 amide bonds. The summed E-state index contributed by atoms with van der Waals surface area (Å²) in [5.74, 6) is -1.63. The number of carbonyl (C=O) groups is 3. The minimum atomic E-state index is -0.656. The SMILES string of the molecule is COC(=O)Cc1csc(NC(=O)COC(=O)/C(=C\c2ccccc2)c2ccc(Cl)cc2)n1. The van der Waals surface area contributed by atoms with Crippen LogP contribution in [0.4, 0.5) is 5.13 Å². The predicted molar refractivity (Wildman–Crippen MR) is 123 cm³/mol. The molecule has 0 radical (unpaired) electrons. The van der Waals surface area contributed by atoms with E-state index in [1.807, 2.05) is 30.3 Å². The molecule has 32 heavy (non-hydrogen) atoms. The summed E-state index contributed by atoms with van der Waals surface area (Å²) in [7, 11) is 1.29. The zero-order valence-corrected chi connectivity index (χ0v) is 18.6. The molecule has 0 bridgehead atoms. The number of hydrogen-bond acceptors (Lipinski definition) is 7. The number of benzene rings is 2. The number of anilines is 1. The van der Waals surface area contributed by atoms with Gasteiger partial charge in [0, 0.05) is 10.4 Å². The molecule has 0 aliphatic carbocycles. The number of methoxy groups -OCH3 is 1. The van der Waals surface area contributed by atoms with Gasteiger partial charge < -0.3 is 9.47 Å². The number of aromatic nitrogens is 1. The lowest BCUT2D eigenvalue weighted by atomic mass is 10.0. The summed E-state index contributed by atoms with van der Waals surface area (Å²) in [5, 5.41) is 5.02. The average Bonchev–Trinajstić information content (AvgIpc) is 3.23. The number of thiazole rings is 1. The first-order valence-electron chi connectivity index (χ1n) is 9.45. The van der Waals surface area contributed by atoms with Gasteiger partial charge in [0.05, 0.1) is 24.8 Å². The molecule has 7 nitrogen and oxygen atoms in total. The molecule has 0 saturated heterocycles. The van der Waals surface area contributed by atoms with Crippen molar-refractivity contribution in [3.05, 3.63) is 81.8 Å². The molecule has 164 valence electrons. The molecule has 0 spiro atoms. The third kappa shape index (κ3) is 6.76. The normalized spacial score (nSPS) is 11.0. The number of rotatable bonds is 8. The van der Waals surface area contributed by atoms with Gasteiger partial charge in [0.1, 0.15) is 0 Å². The van der Waals surface area contributed by atoms with E-state index in [-0.39, 0.29) is 12.0 Å². The van der Waals surface area contributed by atoms with Crippen molar-refractivity contribution in [2.45, 2.75) is 6.42 Å². The fraction of sp³-hybridized carbons (Fsp3) is 0.130. The molecule has 0 aliphatic heterocycles.